The van der Waals surface area contributed by atoms with Crippen molar-refractivity contribution < 1.29 is 9.47 Å². The topological polar surface area (TPSA) is 18.5 Å². The monoisotopic (exact) mass is 578 g/mol. The van der Waals surface area contributed by atoms with Gasteiger partial charge in [0.15, 0.2) is 0 Å². The lowest BCUT2D eigenvalue weighted by Gasteiger charge is -2.34. The lowest BCUT2D eigenvalue weighted by atomic mass is 9.34. The standard InChI is InChI=1S/C42H31BO2/c1-42(2,3)27-22-20-26(21-23-27)38-28-12-4-6-14-30(28)39(31-15-7-5-13-29(31)38)32-24-25-37-40-41(32)45-36-19-11-9-17-34(36)43(40)33-16-8-10-18-35(33)44-37/h4-25H,1-3H3. The van der Waals surface area contributed by atoms with Crippen molar-refractivity contribution in [3.8, 4) is 45.3 Å². The Kier molecular flexibility index (Phi) is 5.59. The molecule has 0 bridgehead atoms. The molecule has 0 aliphatic carbocycles. The minimum absolute atomic E-state index is 0.0305. The quantitative estimate of drug-likeness (QED) is 0.150. The van der Waals surface area contributed by atoms with Crippen molar-refractivity contribution >= 4 is 44.6 Å². The summed E-state index contributed by atoms with van der Waals surface area (Å²) in [7, 11) is 0. The van der Waals surface area contributed by atoms with Gasteiger partial charge in [-0.3, -0.25) is 0 Å². The van der Waals surface area contributed by atoms with E-state index in [9.17, 15) is 0 Å². The Morgan fingerprint density at radius 2 is 0.978 bits per heavy atom. The zero-order valence-electron chi connectivity index (χ0n) is 25.6. The molecule has 9 rings (SSSR count). The van der Waals surface area contributed by atoms with Gasteiger partial charge in [-0.1, -0.05) is 130 Å². The van der Waals surface area contributed by atoms with Gasteiger partial charge in [0.25, 0.3) is 6.71 Å². The van der Waals surface area contributed by atoms with E-state index in [4.69, 9.17) is 9.47 Å². The summed E-state index contributed by atoms with van der Waals surface area (Å²) in [6, 6.07) is 47.9. The minimum Gasteiger partial charge on any atom is -0.458 e. The molecule has 0 unspecified atom stereocenters. The van der Waals surface area contributed by atoms with Crippen molar-refractivity contribution in [1.29, 1.82) is 0 Å². The molecule has 0 N–H and O–H groups in total. The normalized spacial score (nSPS) is 13.1. The lowest BCUT2D eigenvalue weighted by Crippen LogP contribution is -2.57. The molecule has 7 aromatic rings. The van der Waals surface area contributed by atoms with Crippen molar-refractivity contribution in [2.24, 2.45) is 0 Å². The number of fused-ring (bicyclic) bond motifs is 6. The molecule has 45 heavy (non-hydrogen) atoms. The molecule has 2 aliphatic rings. The van der Waals surface area contributed by atoms with Crippen LogP contribution in [-0.4, -0.2) is 6.71 Å². The van der Waals surface area contributed by atoms with Gasteiger partial charge < -0.3 is 9.47 Å². The van der Waals surface area contributed by atoms with E-state index in [1.807, 2.05) is 6.07 Å². The number of rotatable bonds is 2. The van der Waals surface area contributed by atoms with E-state index in [1.54, 1.807) is 0 Å². The van der Waals surface area contributed by atoms with E-state index in [0.717, 1.165) is 34.0 Å². The number of benzene rings is 7. The van der Waals surface area contributed by atoms with Crippen LogP contribution in [0.4, 0.5) is 0 Å². The molecule has 3 heteroatoms. The average molecular weight is 579 g/mol. The fourth-order valence-corrected chi connectivity index (χ4v) is 7.45. The van der Waals surface area contributed by atoms with Crippen LogP contribution in [0.1, 0.15) is 26.3 Å². The molecule has 0 saturated carbocycles. The first-order chi connectivity index (χ1) is 22.0. The first kappa shape index (κ1) is 26.2. The highest BCUT2D eigenvalue weighted by Gasteiger charge is 2.41. The second kappa shape index (κ2) is 9.61. The van der Waals surface area contributed by atoms with Crippen molar-refractivity contribution in [2.75, 3.05) is 0 Å². The summed E-state index contributed by atoms with van der Waals surface area (Å²) in [5.41, 5.74) is 9.62. The van der Waals surface area contributed by atoms with Gasteiger partial charge in [-0.05, 0) is 78.8 Å². The highest BCUT2D eigenvalue weighted by atomic mass is 16.5. The smallest absolute Gasteiger partial charge is 0.260 e. The molecule has 0 saturated heterocycles. The van der Waals surface area contributed by atoms with Crippen LogP contribution in [0.2, 0.25) is 0 Å². The summed E-state index contributed by atoms with van der Waals surface area (Å²) in [4.78, 5) is 0. The van der Waals surface area contributed by atoms with Gasteiger partial charge in [-0.25, -0.2) is 0 Å². The molecule has 0 fully saturated rings. The molecule has 0 spiro atoms. The van der Waals surface area contributed by atoms with Crippen LogP contribution in [0, 0.1) is 0 Å². The summed E-state index contributed by atoms with van der Waals surface area (Å²) < 4.78 is 13.4. The molecule has 0 amide bonds. The van der Waals surface area contributed by atoms with Crippen LogP contribution >= 0.6 is 0 Å². The molecule has 214 valence electrons. The predicted octanol–water partition coefficient (Wildman–Crippen LogP) is 9.35. The predicted molar refractivity (Wildman–Crippen MR) is 189 cm³/mol. The van der Waals surface area contributed by atoms with E-state index in [1.165, 1.54) is 54.7 Å². The second-order valence-electron chi connectivity index (χ2n) is 13.2. The third kappa shape index (κ3) is 3.90. The Balaban J connectivity index is 1.35. The Labute approximate surface area is 264 Å². The molecule has 7 aromatic carbocycles. The van der Waals surface area contributed by atoms with E-state index in [0.29, 0.717) is 0 Å². The Hall–Kier alpha value is -5.28. The molecular formula is C42H31BO2. The highest BCUT2D eigenvalue weighted by Crippen LogP contribution is 2.48. The summed E-state index contributed by atoms with van der Waals surface area (Å²) in [6.07, 6.45) is 0. The van der Waals surface area contributed by atoms with Gasteiger partial charge >= 0.3 is 0 Å². The SMILES string of the molecule is CC(C)(C)c1ccc(-c2c3ccccc3c(-c3ccc4c5c3Oc3ccccc3B5c3ccccc3O4)c3ccccc23)cc1. The minimum atomic E-state index is 0.0305. The lowest BCUT2D eigenvalue weighted by molar-refractivity contribution is 0.465. The molecule has 0 aromatic heterocycles. The Morgan fingerprint density at radius 3 is 1.56 bits per heavy atom. The van der Waals surface area contributed by atoms with Crippen LogP contribution in [0.3, 0.4) is 0 Å². The third-order valence-corrected chi connectivity index (χ3v) is 9.58. The van der Waals surface area contributed by atoms with Crippen molar-refractivity contribution in [3.63, 3.8) is 0 Å². The van der Waals surface area contributed by atoms with E-state index in [2.05, 4.69) is 148 Å². The highest BCUT2D eigenvalue weighted by molar-refractivity contribution is 6.98. The fraction of sp³-hybridized carbons (Fsp3) is 0.0952. The van der Waals surface area contributed by atoms with Crippen molar-refractivity contribution in [1.82, 2.24) is 0 Å². The summed E-state index contributed by atoms with van der Waals surface area (Å²) in [5, 5.41) is 4.87. The van der Waals surface area contributed by atoms with Gasteiger partial charge in [0.2, 0.25) is 0 Å². The second-order valence-corrected chi connectivity index (χ2v) is 13.2. The fourth-order valence-electron chi connectivity index (χ4n) is 7.45. The zero-order chi connectivity index (χ0) is 30.3. The number of para-hydroxylation sites is 2. The van der Waals surface area contributed by atoms with Gasteiger partial charge in [-0.2, -0.15) is 0 Å². The van der Waals surface area contributed by atoms with Crippen LogP contribution < -0.4 is 25.9 Å². The maximum atomic E-state index is 6.90. The molecular weight excluding hydrogens is 547 g/mol. The molecule has 2 aliphatic heterocycles. The summed E-state index contributed by atoms with van der Waals surface area (Å²) in [6.45, 7) is 6.83. The first-order valence-corrected chi connectivity index (χ1v) is 15.7. The number of hydrogen-bond donors (Lipinski definition) is 0. The first-order valence-electron chi connectivity index (χ1n) is 15.7. The maximum absolute atomic E-state index is 6.90. The van der Waals surface area contributed by atoms with Gasteiger partial charge in [0, 0.05) is 16.6 Å². The van der Waals surface area contributed by atoms with E-state index in [-0.39, 0.29) is 12.1 Å². The largest absolute Gasteiger partial charge is 0.458 e. The van der Waals surface area contributed by atoms with Crippen LogP contribution in [0.25, 0.3) is 43.8 Å². The Bertz CT molecular complexity index is 2240. The number of ether oxygens (including phenoxy) is 2. The number of hydrogen-bond acceptors (Lipinski definition) is 2. The van der Waals surface area contributed by atoms with Crippen LogP contribution in [0.15, 0.2) is 133 Å². The molecule has 2 nitrogen and oxygen atoms in total. The maximum Gasteiger partial charge on any atom is 0.260 e. The van der Waals surface area contributed by atoms with E-state index >= 15 is 0 Å². The van der Waals surface area contributed by atoms with Crippen molar-refractivity contribution in [2.45, 2.75) is 26.2 Å². The van der Waals surface area contributed by atoms with E-state index < -0.39 is 0 Å². The summed E-state index contributed by atoms with van der Waals surface area (Å²) >= 11 is 0. The zero-order valence-corrected chi connectivity index (χ0v) is 25.6. The van der Waals surface area contributed by atoms with Crippen LogP contribution in [0.5, 0.6) is 23.0 Å². The Morgan fingerprint density at radius 1 is 0.467 bits per heavy atom. The van der Waals surface area contributed by atoms with Gasteiger partial charge in [0.1, 0.15) is 23.0 Å². The molecule has 0 atom stereocenters. The van der Waals surface area contributed by atoms with Gasteiger partial charge in [-0.15, -0.1) is 0 Å². The summed E-state index contributed by atoms with van der Waals surface area (Å²) in [5.74, 6) is 3.54. The average Bonchev–Trinajstić information content (AvgIpc) is 3.07. The van der Waals surface area contributed by atoms with Crippen LogP contribution in [-0.2, 0) is 5.41 Å². The molecule has 2 heterocycles. The third-order valence-electron chi connectivity index (χ3n) is 9.58. The molecule has 0 radical (unpaired) electrons. The van der Waals surface area contributed by atoms with Gasteiger partial charge in [0.05, 0.1) is 0 Å². The van der Waals surface area contributed by atoms with Crippen molar-refractivity contribution in [3.05, 3.63) is 139 Å².